The van der Waals surface area contributed by atoms with Crippen LogP contribution in [0.5, 0.6) is 0 Å². The average Bonchev–Trinajstić information content (AvgIpc) is 3.22. The molecule has 1 aliphatic rings. The van der Waals surface area contributed by atoms with Crippen LogP contribution in [0, 0.1) is 0 Å². The Hall–Kier alpha value is -2.64. The van der Waals surface area contributed by atoms with Gasteiger partial charge < -0.3 is 4.57 Å². The quantitative estimate of drug-likeness (QED) is 0.598. The van der Waals surface area contributed by atoms with E-state index in [1.807, 2.05) is 30.6 Å². The van der Waals surface area contributed by atoms with Gasteiger partial charge in [0, 0.05) is 63.8 Å². The van der Waals surface area contributed by atoms with Gasteiger partial charge in [0.2, 0.25) is 0 Å². The van der Waals surface area contributed by atoms with Gasteiger partial charge in [-0.2, -0.15) is 13.2 Å². The smallest absolute Gasteiger partial charge is 0.330 e. The van der Waals surface area contributed by atoms with Crippen molar-refractivity contribution in [2.75, 3.05) is 32.7 Å². The van der Waals surface area contributed by atoms with E-state index in [1.165, 1.54) is 12.1 Å². The second-order valence-electron chi connectivity index (χ2n) is 7.62. The summed E-state index contributed by atoms with van der Waals surface area (Å²) in [6.07, 6.45) is -0.423. The summed E-state index contributed by atoms with van der Waals surface area (Å²) in [5.41, 5.74) is 1.44. The highest BCUT2D eigenvalue weighted by atomic mass is 19.4. The first-order valence-corrected chi connectivity index (χ1v) is 10.2. The van der Waals surface area contributed by atoms with Crippen LogP contribution in [0.2, 0.25) is 0 Å². The zero-order chi connectivity index (χ0) is 21.0. The Labute approximate surface area is 174 Å². The molecule has 0 unspecified atom stereocenters. The average molecular weight is 414 g/mol. The number of aromatic nitrogens is 2. The van der Waals surface area contributed by atoms with E-state index in [1.54, 1.807) is 12.1 Å². The first kappa shape index (κ1) is 20.6. The molecule has 1 aromatic heterocycles. The number of hydrogen-bond donors (Lipinski definition) is 0. The molecule has 0 atom stereocenters. The predicted molar refractivity (Wildman–Crippen MR) is 111 cm³/mol. The highest BCUT2D eigenvalue weighted by Crippen LogP contribution is 2.29. The second kappa shape index (κ2) is 9.02. The molecule has 30 heavy (non-hydrogen) atoms. The van der Waals surface area contributed by atoms with Gasteiger partial charge in [0.1, 0.15) is 5.82 Å². The van der Waals surface area contributed by atoms with E-state index in [0.717, 1.165) is 56.2 Å². The molecular weight excluding hydrogens is 389 g/mol. The van der Waals surface area contributed by atoms with Gasteiger partial charge in [-0.05, 0) is 17.7 Å². The lowest BCUT2D eigenvalue weighted by Crippen LogP contribution is -2.46. The summed E-state index contributed by atoms with van der Waals surface area (Å²) in [6.45, 7) is 6.25. The number of rotatable bonds is 6. The fourth-order valence-corrected chi connectivity index (χ4v) is 3.81. The number of alkyl halides is 3. The fourth-order valence-electron chi connectivity index (χ4n) is 3.81. The molecule has 1 fully saturated rings. The van der Waals surface area contributed by atoms with Crippen LogP contribution in [0.4, 0.5) is 13.2 Å². The van der Waals surface area contributed by atoms with Crippen LogP contribution >= 0.6 is 0 Å². The van der Waals surface area contributed by atoms with E-state index in [4.69, 9.17) is 0 Å². The Kier molecular flexibility index (Phi) is 6.20. The Morgan fingerprint density at radius 3 is 2.13 bits per heavy atom. The van der Waals surface area contributed by atoms with E-state index in [9.17, 15) is 13.2 Å². The molecule has 0 bridgehead atoms. The first-order chi connectivity index (χ1) is 14.5. The van der Waals surface area contributed by atoms with Gasteiger partial charge in [-0.1, -0.05) is 42.5 Å². The number of imidazole rings is 1. The van der Waals surface area contributed by atoms with Gasteiger partial charge in [-0.25, -0.2) is 4.98 Å². The minimum Gasteiger partial charge on any atom is -0.330 e. The van der Waals surface area contributed by atoms with Crippen molar-refractivity contribution in [2.45, 2.75) is 19.3 Å². The van der Waals surface area contributed by atoms with E-state index in [2.05, 4.69) is 31.5 Å². The molecule has 0 radical (unpaired) electrons. The monoisotopic (exact) mass is 414 g/mol. The maximum absolute atomic E-state index is 12.7. The van der Waals surface area contributed by atoms with Crippen molar-refractivity contribution in [1.29, 1.82) is 0 Å². The van der Waals surface area contributed by atoms with Gasteiger partial charge >= 0.3 is 6.18 Å². The largest absolute Gasteiger partial charge is 0.416 e. The molecule has 0 N–H and O–H groups in total. The highest BCUT2D eigenvalue weighted by Gasteiger charge is 2.30. The van der Waals surface area contributed by atoms with Gasteiger partial charge in [0.05, 0.1) is 5.56 Å². The van der Waals surface area contributed by atoms with Crippen molar-refractivity contribution in [3.05, 3.63) is 78.1 Å². The number of benzene rings is 2. The molecule has 4 nitrogen and oxygen atoms in total. The number of hydrogen-bond acceptors (Lipinski definition) is 3. The summed E-state index contributed by atoms with van der Waals surface area (Å²) < 4.78 is 40.3. The molecule has 158 valence electrons. The lowest BCUT2D eigenvalue weighted by Gasteiger charge is -2.34. The summed E-state index contributed by atoms with van der Waals surface area (Å²) in [7, 11) is 0. The molecule has 0 saturated carbocycles. The van der Waals surface area contributed by atoms with Crippen LogP contribution in [0.1, 0.15) is 11.1 Å². The molecule has 1 saturated heterocycles. The maximum atomic E-state index is 12.7. The SMILES string of the molecule is FC(F)(F)c1ccc(CN2CCN(CCn3ccnc3-c3ccccc3)CC2)cc1. The first-order valence-electron chi connectivity index (χ1n) is 10.2. The molecule has 2 aromatic carbocycles. The predicted octanol–water partition coefficient (Wildman–Crippen LogP) is 4.39. The fraction of sp³-hybridized carbons (Fsp3) is 0.348. The molecule has 0 spiro atoms. The van der Waals surface area contributed by atoms with Gasteiger partial charge in [0.25, 0.3) is 0 Å². The topological polar surface area (TPSA) is 24.3 Å². The van der Waals surface area contributed by atoms with Crippen molar-refractivity contribution in [3.63, 3.8) is 0 Å². The van der Waals surface area contributed by atoms with Crippen molar-refractivity contribution < 1.29 is 13.2 Å². The van der Waals surface area contributed by atoms with Gasteiger partial charge in [-0.3, -0.25) is 9.80 Å². The standard InChI is InChI=1S/C23H25F3N4/c24-23(25,26)21-8-6-19(7-9-21)18-29-14-12-28(13-15-29)16-17-30-11-10-27-22(30)20-4-2-1-3-5-20/h1-11H,12-18H2. The molecule has 4 rings (SSSR count). The number of nitrogens with zero attached hydrogens (tertiary/aromatic N) is 4. The van der Waals surface area contributed by atoms with Crippen LogP contribution in [-0.2, 0) is 19.3 Å². The summed E-state index contributed by atoms with van der Waals surface area (Å²) in [4.78, 5) is 9.22. The van der Waals surface area contributed by atoms with Gasteiger partial charge in [0.15, 0.2) is 0 Å². The van der Waals surface area contributed by atoms with E-state index >= 15 is 0 Å². The van der Waals surface area contributed by atoms with Crippen LogP contribution in [0.15, 0.2) is 67.0 Å². The summed E-state index contributed by atoms with van der Waals surface area (Å²) in [5, 5.41) is 0. The molecule has 2 heterocycles. The Bertz CT molecular complexity index is 927. The van der Waals surface area contributed by atoms with E-state index in [0.29, 0.717) is 6.54 Å². The molecule has 3 aromatic rings. The normalized spacial score (nSPS) is 16.1. The van der Waals surface area contributed by atoms with Crippen LogP contribution < -0.4 is 0 Å². The van der Waals surface area contributed by atoms with E-state index in [-0.39, 0.29) is 0 Å². The lowest BCUT2D eigenvalue weighted by molar-refractivity contribution is -0.137. The second-order valence-corrected chi connectivity index (χ2v) is 7.62. The van der Waals surface area contributed by atoms with Crippen molar-refractivity contribution in [1.82, 2.24) is 19.4 Å². The minimum atomic E-state index is -4.28. The zero-order valence-electron chi connectivity index (χ0n) is 16.7. The Morgan fingerprint density at radius 2 is 1.47 bits per heavy atom. The molecular formula is C23H25F3N4. The summed E-state index contributed by atoms with van der Waals surface area (Å²) >= 11 is 0. The third kappa shape index (κ3) is 5.09. The Balaban J connectivity index is 1.25. The third-order valence-corrected chi connectivity index (χ3v) is 5.56. The van der Waals surface area contributed by atoms with Crippen LogP contribution in [0.25, 0.3) is 11.4 Å². The third-order valence-electron chi connectivity index (χ3n) is 5.56. The summed E-state index contributed by atoms with van der Waals surface area (Å²) in [6, 6.07) is 15.7. The molecule has 0 aliphatic carbocycles. The lowest BCUT2D eigenvalue weighted by atomic mass is 10.1. The maximum Gasteiger partial charge on any atom is 0.416 e. The Morgan fingerprint density at radius 1 is 0.800 bits per heavy atom. The minimum absolute atomic E-state index is 0.592. The highest BCUT2D eigenvalue weighted by molar-refractivity contribution is 5.55. The van der Waals surface area contributed by atoms with E-state index < -0.39 is 11.7 Å². The molecule has 0 amide bonds. The summed E-state index contributed by atoms with van der Waals surface area (Å²) in [5.74, 6) is 0.983. The number of piperazine rings is 1. The van der Waals surface area contributed by atoms with Crippen molar-refractivity contribution >= 4 is 0 Å². The van der Waals surface area contributed by atoms with Crippen LogP contribution in [-0.4, -0.2) is 52.1 Å². The van der Waals surface area contributed by atoms with Gasteiger partial charge in [-0.15, -0.1) is 0 Å². The molecule has 7 heteroatoms. The van der Waals surface area contributed by atoms with Crippen molar-refractivity contribution in [2.24, 2.45) is 0 Å². The number of halogens is 3. The van der Waals surface area contributed by atoms with Crippen LogP contribution in [0.3, 0.4) is 0 Å². The van der Waals surface area contributed by atoms with Crippen molar-refractivity contribution in [3.8, 4) is 11.4 Å². The zero-order valence-corrected chi connectivity index (χ0v) is 16.7. The molecule has 1 aliphatic heterocycles.